The average molecular weight is 364 g/mol. The lowest BCUT2D eigenvalue weighted by atomic mass is 10.1. The van der Waals surface area contributed by atoms with Crippen LogP contribution in [0.4, 0.5) is 0 Å². The molecule has 1 aromatic carbocycles. The first-order chi connectivity index (χ1) is 8.96. The summed E-state index contributed by atoms with van der Waals surface area (Å²) in [5, 5.41) is 9.54. The number of hydrogen-bond donors (Lipinski definition) is 0. The van der Waals surface area contributed by atoms with Gasteiger partial charge in [-0.3, -0.25) is 0 Å². The van der Waals surface area contributed by atoms with Gasteiger partial charge in [-0.15, -0.1) is 0 Å². The van der Waals surface area contributed by atoms with Gasteiger partial charge in [-0.2, -0.15) is 9.57 Å². The van der Waals surface area contributed by atoms with Crippen molar-refractivity contribution in [1.29, 1.82) is 5.26 Å². The number of rotatable bonds is 2. The summed E-state index contributed by atoms with van der Waals surface area (Å²) in [6.45, 7) is 0.390. The Morgan fingerprint density at radius 1 is 1.42 bits per heavy atom. The minimum Gasteiger partial charge on any atom is -0.207 e. The topological polar surface area (TPSA) is 61.2 Å². The third-order valence-corrected chi connectivity index (χ3v) is 6.22. The van der Waals surface area contributed by atoms with Crippen molar-refractivity contribution in [3.63, 3.8) is 0 Å². The Balaban J connectivity index is 2.41. The molecular formula is C12H12BrClN2O2S. The fourth-order valence-corrected chi connectivity index (χ4v) is 4.38. The summed E-state index contributed by atoms with van der Waals surface area (Å²) in [7, 11) is -3.64. The SMILES string of the molecule is N#CC1CCCCN1S(=O)(=O)c1ccc(Cl)c(Br)c1. The van der Waals surface area contributed by atoms with E-state index < -0.39 is 16.1 Å². The van der Waals surface area contributed by atoms with Gasteiger partial charge < -0.3 is 0 Å². The highest BCUT2D eigenvalue weighted by Gasteiger charge is 2.33. The Morgan fingerprint density at radius 3 is 2.79 bits per heavy atom. The fraction of sp³-hybridized carbons (Fsp3) is 0.417. The monoisotopic (exact) mass is 362 g/mol. The molecule has 0 aliphatic carbocycles. The number of sulfonamides is 1. The Kier molecular flexibility index (Phi) is 4.51. The number of hydrogen-bond acceptors (Lipinski definition) is 3. The second-order valence-corrected chi connectivity index (χ2v) is 7.48. The summed E-state index contributed by atoms with van der Waals surface area (Å²) in [5.41, 5.74) is 0. The van der Waals surface area contributed by atoms with Crippen LogP contribution in [0.25, 0.3) is 0 Å². The smallest absolute Gasteiger partial charge is 0.207 e. The molecule has 1 fully saturated rings. The molecule has 0 spiro atoms. The van der Waals surface area contributed by atoms with Crippen LogP contribution in [0, 0.1) is 11.3 Å². The zero-order valence-corrected chi connectivity index (χ0v) is 13.2. The van der Waals surface area contributed by atoms with Crippen LogP contribution in [-0.2, 0) is 10.0 Å². The molecule has 0 N–H and O–H groups in total. The van der Waals surface area contributed by atoms with Gasteiger partial charge in [-0.05, 0) is 53.4 Å². The second kappa shape index (κ2) is 5.80. The van der Waals surface area contributed by atoms with Gasteiger partial charge in [0.1, 0.15) is 6.04 Å². The van der Waals surface area contributed by atoms with Crippen molar-refractivity contribution in [3.8, 4) is 6.07 Å². The number of benzene rings is 1. The van der Waals surface area contributed by atoms with Crippen LogP contribution in [0.5, 0.6) is 0 Å². The van der Waals surface area contributed by atoms with Crippen molar-refractivity contribution < 1.29 is 8.42 Å². The Bertz CT molecular complexity index is 627. The highest BCUT2D eigenvalue weighted by Crippen LogP contribution is 2.29. The molecule has 1 aromatic rings. The molecule has 2 rings (SSSR count). The lowest BCUT2D eigenvalue weighted by molar-refractivity contribution is 0.297. The summed E-state index contributed by atoms with van der Waals surface area (Å²) in [6.07, 6.45) is 2.26. The van der Waals surface area contributed by atoms with Crippen LogP contribution in [-0.4, -0.2) is 25.3 Å². The minimum absolute atomic E-state index is 0.158. The van der Waals surface area contributed by atoms with E-state index in [9.17, 15) is 8.42 Å². The van der Waals surface area contributed by atoms with E-state index >= 15 is 0 Å². The third-order valence-electron chi connectivity index (χ3n) is 3.10. The zero-order chi connectivity index (χ0) is 14.0. The molecule has 1 unspecified atom stereocenters. The van der Waals surface area contributed by atoms with Gasteiger partial charge in [0.25, 0.3) is 0 Å². The highest BCUT2D eigenvalue weighted by molar-refractivity contribution is 9.10. The van der Waals surface area contributed by atoms with Crippen molar-refractivity contribution in [2.45, 2.75) is 30.2 Å². The summed E-state index contributed by atoms with van der Waals surface area (Å²) < 4.78 is 26.9. The van der Waals surface area contributed by atoms with Crippen LogP contribution >= 0.6 is 27.5 Å². The first-order valence-corrected chi connectivity index (χ1v) is 8.44. The first kappa shape index (κ1) is 14.8. The molecule has 1 aliphatic rings. The van der Waals surface area contributed by atoms with E-state index in [1.54, 1.807) is 0 Å². The predicted octanol–water partition coefficient (Wildman–Crippen LogP) is 3.17. The molecule has 0 bridgehead atoms. The molecular weight excluding hydrogens is 352 g/mol. The lowest BCUT2D eigenvalue weighted by Gasteiger charge is -2.30. The Morgan fingerprint density at radius 2 is 2.16 bits per heavy atom. The largest absolute Gasteiger partial charge is 0.244 e. The van der Waals surface area contributed by atoms with Gasteiger partial charge in [-0.25, -0.2) is 8.42 Å². The van der Waals surface area contributed by atoms with Gasteiger partial charge in [0, 0.05) is 11.0 Å². The second-order valence-electron chi connectivity index (χ2n) is 4.33. The molecule has 102 valence electrons. The summed E-state index contributed by atoms with van der Waals surface area (Å²) in [6, 6.07) is 5.96. The molecule has 1 aliphatic heterocycles. The van der Waals surface area contributed by atoms with Crippen LogP contribution in [0.15, 0.2) is 27.6 Å². The number of piperidine rings is 1. The molecule has 0 amide bonds. The quantitative estimate of drug-likeness (QED) is 0.811. The van der Waals surface area contributed by atoms with Crippen LogP contribution in [0.1, 0.15) is 19.3 Å². The lowest BCUT2D eigenvalue weighted by Crippen LogP contribution is -2.42. The number of nitriles is 1. The van der Waals surface area contributed by atoms with Crippen molar-refractivity contribution in [3.05, 3.63) is 27.7 Å². The molecule has 0 saturated carbocycles. The van der Waals surface area contributed by atoms with Crippen molar-refractivity contribution in [2.24, 2.45) is 0 Å². The maximum Gasteiger partial charge on any atom is 0.244 e. The summed E-state index contributed by atoms with van der Waals surface area (Å²) >= 11 is 9.08. The molecule has 19 heavy (non-hydrogen) atoms. The molecule has 7 heteroatoms. The van der Waals surface area contributed by atoms with Crippen LogP contribution < -0.4 is 0 Å². The van der Waals surface area contributed by atoms with Crippen LogP contribution in [0.2, 0.25) is 5.02 Å². The van der Waals surface area contributed by atoms with E-state index in [2.05, 4.69) is 22.0 Å². The predicted molar refractivity (Wildman–Crippen MR) is 76.3 cm³/mol. The Labute approximate surface area is 126 Å². The van der Waals surface area contributed by atoms with Crippen molar-refractivity contribution in [2.75, 3.05) is 6.54 Å². The van der Waals surface area contributed by atoms with Gasteiger partial charge in [0.05, 0.1) is 16.0 Å². The first-order valence-electron chi connectivity index (χ1n) is 5.83. The number of nitrogens with zero attached hydrogens (tertiary/aromatic N) is 2. The summed E-state index contributed by atoms with van der Waals surface area (Å²) in [5.74, 6) is 0. The normalized spacial score (nSPS) is 21.0. The van der Waals surface area contributed by atoms with Gasteiger partial charge in [0.2, 0.25) is 10.0 Å². The van der Waals surface area contributed by atoms with E-state index in [4.69, 9.17) is 16.9 Å². The molecule has 1 atom stereocenters. The number of halogens is 2. The average Bonchev–Trinajstić information content (AvgIpc) is 2.41. The fourth-order valence-electron chi connectivity index (χ4n) is 2.09. The summed E-state index contributed by atoms with van der Waals surface area (Å²) in [4.78, 5) is 0.158. The minimum atomic E-state index is -3.64. The maximum absolute atomic E-state index is 12.5. The zero-order valence-electron chi connectivity index (χ0n) is 10.0. The molecule has 1 saturated heterocycles. The van der Waals surface area contributed by atoms with E-state index in [0.717, 1.165) is 12.8 Å². The van der Waals surface area contributed by atoms with Gasteiger partial charge >= 0.3 is 0 Å². The van der Waals surface area contributed by atoms with Crippen LogP contribution in [0.3, 0.4) is 0 Å². The molecule has 1 heterocycles. The van der Waals surface area contributed by atoms with E-state index in [1.165, 1.54) is 22.5 Å². The van der Waals surface area contributed by atoms with Crippen molar-refractivity contribution >= 4 is 37.6 Å². The van der Waals surface area contributed by atoms with E-state index in [1.807, 2.05) is 0 Å². The van der Waals surface area contributed by atoms with Gasteiger partial charge in [0.15, 0.2) is 0 Å². The van der Waals surface area contributed by atoms with Crippen molar-refractivity contribution in [1.82, 2.24) is 4.31 Å². The van der Waals surface area contributed by atoms with E-state index in [0.29, 0.717) is 22.5 Å². The van der Waals surface area contributed by atoms with E-state index in [-0.39, 0.29) is 4.90 Å². The standard InChI is InChI=1S/C12H12BrClN2O2S/c13-11-7-10(4-5-12(11)14)19(17,18)16-6-2-1-3-9(16)8-15/h4-5,7,9H,1-3,6H2. The highest BCUT2D eigenvalue weighted by atomic mass is 79.9. The molecule has 0 aromatic heterocycles. The molecule has 0 radical (unpaired) electrons. The third kappa shape index (κ3) is 2.95. The Hall–Kier alpha value is -0.610. The van der Waals surface area contributed by atoms with Gasteiger partial charge in [-0.1, -0.05) is 11.6 Å². The maximum atomic E-state index is 12.5. The molecule has 4 nitrogen and oxygen atoms in total.